The van der Waals surface area contributed by atoms with E-state index in [0.29, 0.717) is 6.54 Å². The Kier molecular flexibility index (Phi) is 2.90. The van der Waals surface area contributed by atoms with Gasteiger partial charge in [-0.1, -0.05) is 0 Å². The van der Waals surface area contributed by atoms with Crippen LogP contribution in [-0.4, -0.2) is 24.7 Å². The zero-order valence-electron chi connectivity index (χ0n) is 11.0. The highest BCUT2D eigenvalue weighted by atomic mass is 32.1. The third kappa shape index (κ3) is 2.17. The van der Waals surface area contributed by atoms with Gasteiger partial charge in [-0.05, 0) is 24.8 Å². The van der Waals surface area contributed by atoms with Gasteiger partial charge in [-0.3, -0.25) is 4.68 Å². The lowest BCUT2D eigenvalue weighted by Gasteiger charge is -2.07. The van der Waals surface area contributed by atoms with Crippen molar-refractivity contribution in [3.05, 3.63) is 28.9 Å². The first-order valence-electron chi connectivity index (χ1n) is 5.94. The van der Waals surface area contributed by atoms with Gasteiger partial charge in [-0.25, -0.2) is 15.0 Å². The highest BCUT2D eigenvalue weighted by Crippen LogP contribution is 2.29. The van der Waals surface area contributed by atoms with Gasteiger partial charge in [-0.15, -0.1) is 11.3 Å². The molecule has 0 spiro atoms. The molecule has 0 aromatic carbocycles. The van der Waals surface area contributed by atoms with Gasteiger partial charge in [0.05, 0.1) is 11.9 Å². The minimum Gasteiger partial charge on any atom is -0.362 e. The number of aryl methyl sites for hydroxylation is 3. The first kappa shape index (κ1) is 12.0. The molecule has 3 rings (SSSR count). The number of nitrogens with zero attached hydrogens (tertiary/aromatic N) is 5. The van der Waals surface area contributed by atoms with Crippen molar-refractivity contribution in [2.45, 2.75) is 20.4 Å². The van der Waals surface area contributed by atoms with Crippen molar-refractivity contribution in [2.24, 2.45) is 7.05 Å². The summed E-state index contributed by atoms with van der Waals surface area (Å²) in [4.78, 5) is 14.2. The molecule has 0 unspecified atom stereocenters. The molecular weight excluding hydrogens is 260 g/mol. The van der Waals surface area contributed by atoms with E-state index in [1.165, 1.54) is 5.56 Å². The quantitative estimate of drug-likeness (QED) is 0.791. The lowest BCUT2D eigenvalue weighted by molar-refractivity contribution is 0.711. The van der Waals surface area contributed by atoms with Crippen molar-refractivity contribution in [3.63, 3.8) is 0 Å². The monoisotopic (exact) mass is 274 g/mol. The van der Waals surface area contributed by atoms with Gasteiger partial charge in [0.15, 0.2) is 0 Å². The van der Waals surface area contributed by atoms with E-state index in [0.717, 1.165) is 27.7 Å². The predicted molar refractivity (Wildman–Crippen MR) is 75.2 cm³/mol. The first-order chi connectivity index (χ1) is 9.15. The van der Waals surface area contributed by atoms with Crippen LogP contribution in [0.25, 0.3) is 10.2 Å². The average molecular weight is 274 g/mol. The molecule has 0 radical (unpaired) electrons. The van der Waals surface area contributed by atoms with E-state index >= 15 is 0 Å². The fourth-order valence-electron chi connectivity index (χ4n) is 1.96. The van der Waals surface area contributed by atoms with Crippen molar-refractivity contribution >= 4 is 27.4 Å². The van der Waals surface area contributed by atoms with Crippen LogP contribution in [0, 0.1) is 13.8 Å². The molecule has 7 heteroatoms. The number of nitrogens with one attached hydrogen (secondary N) is 1. The number of aromatic nitrogens is 5. The second-order valence-electron chi connectivity index (χ2n) is 4.37. The normalized spacial score (nSPS) is 11.1. The Bertz CT molecular complexity index is 729. The molecule has 0 aliphatic rings. The van der Waals surface area contributed by atoms with E-state index in [1.54, 1.807) is 22.3 Å². The lowest BCUT2D eigenvalue weighted by atomic mass is 10.2. The van der Waals surface area contributed by atoms with Crippen molar-refractivity contribution in [1.82, 2.24) is 24.7 Å². The number of thiophene rings is 1. The summed E-state index contributed by atoms with van der Waals surface area (Å²) in [6.45, 7) is 4.57. The van der Waals surface area contributed by atoms with Gasteiger partial charge in [0.25, 0.3) is 0 Å². The zero-order valence-corrected chi connectivity index (χ0v) is 11.8. The van der Waals surface area contributed by atoms with E-state index in [4.69, 9.17) is 0 Å². The standard InChI is InChI=1S/C12H14N6S/c1-7-5-19-12-10(7)11(16-8(2)17-12)13-4-9-14-6-15-18(9)3/h5-6H,4H2,1-3H3,(H,13,16,17). The molecular formula is C12H14N6S. The van der Waals surface area contributed by atoms with Crippen LogP contribution in [0.4, 0.5) is 5.82 Å². The summed E-state index contributed by atoms with van der Waals surface area (Å²) >= 11 is 1.64. The van der Waals surface area contributed by atoms with E-state index in [1.807, 2.05) is 14.0 Å². The Morgan fingerprint density at radius 2 is 2.16 bits per heavy atom. The van der Waals surface area contributed by atoms with Crippen LogP contribution in [0.1, 0.15) is 17.2 Å². The van der Waals surface area contributed by atoms with E-state index in [9.17, 15) is 0 Å². The van der Waals surface area contributed by atoms with Crippen LogP contribution in [0.3, 0.4) is 0 Å². The topological polar surface area (TPSA) is 68.5 Å². The third-order valence-corrected chi connectivity index (χ3v) is 3.94. The minimum absolute atomic E-state index is 0.595. The van der Waals surface area contributed by atoms with Crippen LogP contribution < -0.4 is 5.32 Å². The summed E-state index contributed by atoms with van der Waals surface area (Å²) in [6.07, 6.45) is 1.55. The molecule has 0 bridgehead atoms. The molecule has 0 saturated heterocycles. The van der Waals surface area contributed by atoms with Crippen molar-refractivity contribution in [3.8, 4) is 0 Å². The van der Waals surface area contributed by atoms with Crippen LogP contribution in [0.15, 0.2) is 11.7 Å². The summed E-state index contributed by atoms with van der Waals surface area (Å²) in [6, 6.07) is 0. The van der Waals surface area contributed by atoms with Gasteiger partial charge in [-0.2, -0.15) is 5.10 Å². The smallest absolute Gasteiger partial charge is 0.145 e. The molecule has 0 amide bonds. The van der Waals surface area contributed by atoms with Crippen LogP contribution in [-0.2, 0) is 13.6 Å². The van der Waals surface area contributed by atoms with Crippen molar-refractivity contribution in [1.29, 1.82) is 0 Å². The molecule has 6 nitrogen and oxygen atoms in total. The summed E-state index contributed by atoms with van der Waals surface area (Å²) in [5.41, 5.74) is 1.19. The molecule has 1 N–H and O–H groups in total. The van der Waals surface area contributed by atoms with Gasteiger partial charge in [0.2, 0.25) is 0 Å². The van der Waals surface area contributed by atoms with E-state index in [2.05, 4.69) is 37.7 Å². The summed E-state index contributed by atoms with van der Waals surface area (Å²) < 4.78 is 1.75. The van der Waals surface area contributed by atoms with Gasteiger partial charge >= 0.3 is 0 Å². The maximum atomic E-state index is 4.49. The average Bonchev–Trinajstić information content (AvgIpc) is 2.93. The zero-order chi connectivity index (χ0) is 13.4. The second-order valence-corrected chi connectivity index (χ2v) is 5.23. The predicted octanol–water partition coefficient (Wildman–Crippen LogP) is 2.05. The number of anilines is 1. The maximum absolute atomic E-state index is 4.49. The summed E-state index contributed by atoms with van der Waals surface area (Å²) in [5, 5.41) is 10.6. The van der Waals surface area contributed by atoms with Crippen LogP contribution in [0.2, 0.25) is 0 Å². The summed E-state index contributed by atoms with van der Waals surface area (Å²) in [5.74, 6) is 2.51. The second kappa shape index (κ2) is 4.58. The number of fused-ring (bicyclic) bond motifs is 1. The molecule has 0 fully saturated rings. The Balaban J connectivity index is 1.96. The molecule has 0 aliphatic heterocycles. The Morgan fingerprint density at radius 1 is 1.32 bits per heavy atom. The first-order valence-corrected chi connectivity index (χ1v) is 6.82. The molecule has 3 heterocycles. The molecule has 3 aromatic rings. The van der Waals surface area contributed by atoms with Crippen molar-refractivity contribution < 1.29 is 0 Å². The highest BCUT2D eigenvalue weighted by molar-refractivity contribution is 7.17. The number of hydrogen-bond donors (Lipinski definition) is 1. The Morgan fingerprint density at radius 3 is 2.89 bits per heavy atom. The molecule has 0 aliphatic carbocycles. The van der Waals surface area contributed by atoms with Crippen LogP contribution in [0.5, 0.6) is 0 Å². The molecule has 98 valence electrons. The van der Waals surface area contributed by atoms with E-state index in [-0.39, 0.29) is 0 Å². The fraction of sp³-hybridized carbons (Fsp3) is 0.333. The lowest BCUT2D eigenvalue weighted by Crippen LogP contribution is -2.08. The molecule has 3 aromatic heterocycles. The van der Waals surface area contributed by atoms with Crippen LogP contribution >= 0.6 is 11.3 Å². The maximum Gasteiger partial charge on any atom is 0.145 e. The van der Waals surface area contributed by atoms with Gasteiger partial charge < -0.3 is 5.32 Å². The largest absolute Gasteiger partial charge is 0.362 e. The molecule has 0 atom stereocenters. The molecule has 19 heavy (non-hydrogen) atoms. The fourth-order valence-corrected chi connectivity index (χ4v) is 2.93. The highest BCUT2D eigenvalue weighted by Gasteiger charge is 2.11. The van der Waals surface area contributed by atoms with Gasteiger partial charge in [0.1, 0.15) is 28.6 Å². The van der Waals surface area contributed by atoms with E-state index < -0.39 is 0 Å². The molecule has 0 saturated carbocycles. The number of hydrogen-bond acceptors (Lipinski definition) is 6. The Labute approximate surface area is 114 Å². The third-order valence-electron chi connectivity index (χ3n) is 2.95. The SMILES string of the molecule is Cc1nc(NCc2ncnn2C)c2c(C)csc2n1. The Hall–Kier alpha value is -2.02. The summed E-state index contributed by atoms with van der Waals surface area (Å²) in [7, 11) is 1.88. The number of rotatable bonds is 3. The van der Waals surface area contributed by atoms with Gasteiger partial charge in [0, 0.05) is 7.05 Å². The minimum atomic E-state index is 0.595. The van der Waals surface area contributed by atoms with Crippen molar-refractivity contribution in [2.75, 3.05) is 5.32 Å².